The van der Waals surface area contributed by atoms with E-state index in [-0.39, 0.29) is 24.3 Å². The first-order valence-electron chi connectivity index (χ1n) is 7.71. The zero-order valence-corrected chi connectivity index (χ0v) is 13.3. The molecule has 0 radical (unpaired) electrons. The average molecular weight is 312 g/mol. The molecule has 3 rings (SSSR count). The summed E-state index contributed by atoms with van der Waals surface area (Å²) in [4.78, 5) is 28.2. The maximum absolute atomic E-state index is 12.1. The van der Waals surface area contributed by atoms with Crippen molar-refractivity contribution < 1.29 is 9.59 Å². The van der Waals surface area contributed by atoms with Crippen molar-refractivity contribution in [3.05, 3.63) is 53.1 Å². The van der Waals surface area contributed by atoms with Crippen LogP contribution in [0.2, 0.25) is 0 Å². The number of nitrogens with zero attached hydrogens (tertiary/aromatic N) is 2. The van der Waals surface area contributed by atoms with Gasteiger partial charge in [0.2, 0.25) is 5.91 Å². The third kappa shape index (κ3) is 3.11. The van der Waals surface area contributed by atoms with E-state index in [9.17, 15) is 9.59 Å². The standard InChI is InChI=1S/C17H20N4O2/c1-11-12(2)21(10-19-11)8-7-18-16(22)9-15-13-5-3-4-6-14(13)17(23)20-15/h3-6,10,15H,7-9H2,1-2H3,(H,18,22)(H,20,23). The van der Waals surface area contributed by atoms with E-state index in [2.05, 4.69) is 15.6 Å². The Labute approximate surface area is 134 Å². The van der Waals surface area contributed by atoms with Crippen LogP contribution in [0.1, 0.15) is 39.8 Å². The van der Waals surface area contributed by atoms with E-state index in [0.717, 1.165) is 17.0 Å². The number of aryl methyl sites for hydroxylation is 1. The Bertz CT molecular complexity index is 751. The van der Waals surface area contributed by atoms with Gasteiger partial charge in [-0.25, -0.2) is 4.98 Å². The van der Waals surface area contributed by atoms with Crippen LogP contribution >= 0.6 is 0 Å². The van der Waals surface area contributed by atoms with Crippen molar-refractivity contribution in [3.8, 4) is 0 Å². The lowest BCUT2D eigenvalue weighted by Crippen LogP contribution is -2.31. The van der Waals surface area contributed by atoms with Gasteiger partial charge >= 0.3 is 0 Å². The maximum atomic E-state index is 12.1. The van der Waals surface area contributed by atoms with Gasteiger partial charge < -0.3 is 15.2 Å². The van der Waals surface area contributed by atoms with Crippen molar-refractivity contribution in [2.24, 2.45) is 0 Å². The highest BCUT2D eigenvalue weighted by Crippen LogP contribution is 2.27. The molecule has 1 aromatic carbocycles. The highest BCUT2D eigenvalue weighted by atomic mass is 16.2. The van der Waals surface area contributed by atoms with Gasteiger partial charge in [0.1, 0.15) is 0 Å². The molecular formula is C17H20N4O2. The molecule has 0 fully saturated rings. The van der Waals surface area contributed by atoms with Crippen LogP contribution in [0.15, 0.2) is 30.6 Å². The van der Waals surface area contributed by atoms with Crippen LogP contribution in [0.4, 0.5) is 0 Å². The molecule has 0 aliphatic carbocycles. The zero-order valence-electron chi connectivity index (χ0n) is 13.3. The molecule has 1 aromatic heterocycles. The van der Waals surface area contributed by atoms with Gasteiger partial charge in [0.15, 0.2) is 0 Å². The highest BCUT2D eigenvalue weighted by molar-refractivity contribution is 5.99. The second-order valence-electron chi connectivity index (χ2n) is 5.78. The molecule has 0 saturated carbocycles. The number of amides is 2. The van der Waals surface area contributed by atoms with Crippen molar-refractivity contribution in [3.63, 3.8) is 0 Å². The van der Waals surface area contributed by atoms with Gasteiger partial charge in [-0.15, -0.1) is 0 Å². The number of hydrogen-bond acceptors (Lipinski definition) is 3. The summed E-state index contributed by atoms with van der Waals surface area (Å²) in [5.74, 6) is -0.176. The molecule has 6 heteroatoms. The SMILES string of the molecule is Cc1ncn(CCNC(=O)CC2NC(=O)c3ccccc32)c1C. The first-order chi connectivity index (χ1) is 11.1. The van der Waals surface area contributed by atoms with Crippen LogP contribution in [0.5, 0.6) is 0 Å². The minimum absolute atomic E-state index is 0.0681. The Hall–Kier alpha value is -2.63. The van der Waals surface area contributed by atoms with Crippen LogP contribution < -0.4 is 10.6 Å². The first kappa shape index (κ1) is 15.3. The van der Waals surface area contributed by atoms with Crippen LogP contribution in [0, 0.1) is 13.8 Å². The quantitative estimate of drug-likeness (QED) is 0.878. The predicted octanol–water partition coefficient (Wildman–Crippen LogP) is 1.49. The summed E-state index contributed by atoms with van der Waals surface area (Å²) in [7, 11) is 0. The summed E-state index contributed by atoms with van der Waals surface area (Å²) < 4.78 is 2.02. The average Bonchev–Trinajstić information content (AvgIpc) is 3.02. The molecule has 1 unspecified atom stereocenters. The van der Waals surface area contributed by atoms with Crippen molar-refractivity contribution in [1.82, 2.24) is 20.2 Å². The third-order valence-electron chi connectivity index (χ3n) is 4.30. The van der Waals surface area contributed by atoms with Gasteiger partial charge in [-0.3, -0.25) is 9.59 Å². The van der Waals surface area contributed by atoms with Crippen LogP contribution in [-0.4, -0.2) is 27.9 Å². The minimum Gasteiger partial charge on any atom is -0.354 e. The van der Waals surface area contributed by atoms with E-state index in [4.69, 9.17) is 0 Å². The normalized spacial score (nSPS) is 16.1. The van der Waals surface area contributed by atoms with E-state index < -0.39 is 0 Å². The Morgan fingerprint density at radius 3 is 2.87 bits per heavy atom. The number of carbonyl (C=O) groups is 2. The topological polar surface area (TPSA) is 76.0 Å². The Balaban J connectivity index is 1.53. The molecule has 2 heterocycles. The largest absolute Gasteiger partial charge is 0.354 e. The molecule has 2 aromatic rings. The second kappa shape index (κ2) is 6.24. The second-order valence-corrected chi connectivity index (χ2v) is 5.78. The Morgan fingerprint density at radius 1 is 1.35 bits per heavy atom. The zero-order chi connectivity index (χ0) is 16.4. The molecule has 2 N–H and O–H groups in total. The summed E-state index contributed by atoms with van der Waals surface area (Å²) in [5, 5.41) is 5.76. The van der Waals surface area contributed by atoms with Gasteiger partial charge in [-0.2, -0.15) is 0 Å². The molecule has 0 bridgehead atoms. The molecule has 23 heavy (non-hydrogen) atoms. The molecule has 1 atom stereocenters. The molecule has 0 saturated heterocycles. The summed E-state index contributed by atoms with van der Waals surface area (Å²) in [5.41, 5.74) is 3.67. The number of nitrogens with one attached hydrogen (secondary N) is 2. The molecular weight excluding hydrogens is 292 g/mol. The van der Waals surface area contributed by atoms with Crippen LogP contribution in [-0.2, 0) is 11.3 Å². The number of hydrogen-bond donors (Lipinski definition) is 2. The summed E-state index contributed by atoms with van der Waals surface area (Å²) in [6.45, 7) is 5.20. The Morgan fingerprint density at radius 2 is 2.13 bits per heavy atom. The minimum atomic E-state index is -0.240. The molecule has 6 nitrogen and oxygen atoms in total. The van der Waals surface area contributed by atoms with Crippen molar-refractivity contribution >= 4 is 11.8 Å². The summed E-state index contributed by atoms with van der Waals surface area (Å²) >= 11 is 0. The van der Waals surface area contributed by atoms with Crippen LogP contribution in [0.3, 0.4) is 0 Å². The molecule has 1 aliphatic rings. The number of aromatic nitrogens is 2. The lowest BCUT2D eigenvalue weighted by Gasteiger charge is -2.12. The Kier molecular flexibility index (Phi) is 4.14. The fourth-order valence-electron chi connectivity index (χ4n) is 2.83. The molecule has 2 amide bonds. The summed E-state index contributed by atoms with van der Waals surface area (Å²) in [6.07, 6.45) is 2.04. The van der Waals surface area contributed by atoms with Crippen LogP contribution in [0.25, 0.3) is 0 Å². The molecule has 0 spiro atoms. The van der Waals surface area contributed by atoms with Gasteiger partial charge in [0.25, 0.3) is 5.91 Å². The number of benzene rings is 1. The maximum Gasteiger partial charge on any atom is 0.252 e. The number of fused-ring (bicyclic) bond motifs is 1. The van der Waals surface area contributed by atoms with E-state index in [1.54, 1.807) is 12.4 Å². The lowest BCUT2D eigenvalue weighted by atomic mass is 10.0. The van der Waals surface area contributed by atoms with Crippen molar-refractivity contribution in [2.75, 3.05) is 6.54 Å². The smallest absolute Gasteiger partial charge is 0.252 e. The monoisotopic (exact) mass is 312 g/mol. The third-order valence-corrected chi connectivity index (χ3v) is 4.30. The van der Waals surface area contributed by atoms with Gasteiger partial charge in [-0.05, 0) is 25.5 Å². The summed E-state index contributed by atoms with van der Waals surface area (Å²) in [6, 6.07) is 7.15. The highest BCUT2D eigenvalue weighted by Gasteiger charge is 2.29. The predicted molar refractivity (Wildman–Crippen MR) is 86.0 cm³/mol. The van der Waals surface area contributed by atoms with E-state index in [0.29, 0.717) is 18.7 Å². The first-order valence-corrected chi connectivity index (χ1v) is 7.71. The number of carbonyl (C=O) groups excluding carboxylic acids is 2. The van der Waals surface area contributed by atoms with Gasteiger partial charge in [0, 0.05) is 24.3 Å². The van der Waals surface area contributed by atoms with Crippen molar-refractivity contribution in [2.45, 2.75) is 32.9 Å². The molecule has 120 valence electrons. The van der Waals surface area contributed by atoms with E-state index >= 15 is 0 Å². The van der Waals surface area contributed by atoms with Crippen molar-refractivity contribution in [1.29, 1.82) is 0 Å². The van der Waals surface area contributed by atoms with E-state index in [1.165, 1.54) is 0 Å². The van der Waals surface area contributed by atoms with E-state index in [1.807, 2.05) is 36.6 Å². The molecule has 1 aliphatic heterocycles. The van der Waals surface area contributed by atoms with Gasteiger partial charge in [-0.1, -0.05) is 18.2 Å². The number of rotatable bonds is 5. The van der Waals surface area contributed by atoms with Gasteiger partial charge in [0.05, 0.1) is 24.5 Å². The fourth-order valence-corrected chi connectivity index (χ4v) is 2.83. The number of imidazole rings is 1. The lowest BCUT2D eigenvalue weighted by molar-refractivity contribution is -0.121. The fraction of sp³-hybridized carbons (Fsp3) is 0.353.